The molecule has 11 nitrogen and oxygen atoms in total. The second kappa shape index (κ2) is 13.4. The Bertz CT molecular complexity index is 1640. The lowest BCUT2D eigenvalue weighted by Crippen LogP contribution is -2.31. The van der Waals surface area contributed by atoms with Crippen molar-refractivity contribution < 1.29 is 31.1 Å². The summed E-state index contributed by atoms with van der Waals surface area (Å²) in [6, 6.07) is 7.02. The lowest BCUT2D eigenvalue weighted by atomic mass is 9.93. The molecule has 2 fully saturated rings. The van der Waals surface area contributed by atoms with Crippen LogP contribution >= 0.6 is 11.6 Å². The summed E-state index contributed by atoms with van der Waals surface area (Å²) in [5.74, 6) is 0.498. The maximum atomic E-state index is 13.1. The minimum atomic E-state index is -4.26. The van der Waals surface area contributed by atoms with E-state index in [0.29, 0.717) is 18.3 Å². The minimum absolute atomic E-state index is 0.0938. The number of halogens is 4. The van der Waals surface area contributed by atoms with E-state index in [1.165, 1.54) is 47.6 Å². The van der Waals surface area contributed by atoms with Gasteiger partial charge in [-0.25, -0.2) is 27.8 Å². The first-order chi connectivity index (χ1) is 21.7. The maximum Gasteiger partial charge on any atom is 0.394 e. The van der Waals surface area contributed by atoms with E-state index >= 15 is 0 Å². The van der Waals surface area contributed by atoms with Crippen LogP contribution in [0.15, 0.2) is 47.6 Å². The first-order valence-corrected chi connectivity index (χ1v) is 17.0. The number of sulfonamides is 1. The number of ether oxygens (including phenoxy) is 1. The van der Waals surface area contributed by atoms with Crippen molar-refractivity contribution in [1.29, 1.82) is 0 Å². The van der Waals surface area contributed by atoms with Crippen LogP contribution in [0.4, 0.5) is 19.0 Å². The third-order valence-electron chi connectivity index (χ3n) is 8.45. The highest BCUT2D eigenvalue weighted by Crippen LogP contribution is 2.59. The summed E-state index contributed by atoms with van der Waals surface area (Å²) >= 11 is 6.21. The number of nitrogens with one attached hydrogen (secondary N) is 3. The van der Waals surface area contributed by atoms with Crippen LogP contribution in [0.25, 0.3) is 5.82 Å². The molecule has 1 amide bonds. The first kappa shape index (κ1) is 33.9. The number of carbonyl (C=O) groups excluding carboxylic acids is 1. The number of pyridine rings is 2. The summed E-state index contributed by atoms with van der Waals surface area (Å²) in [5.41, 5.74) is -1.65. The number of unbranched alkanes of at least 4 members (excludes halogenated alkanes) is 1. The van der Waals surface area contributed by atoms with E-state index in [9.17, 15) is 26.4 Å². The van der Waals surface area contributed by atoms with Crippen molar-refractivity contribution in [3.05, 3.63) is 53.4 Å². The highest BCUT2D eigenvalue weighted by atomic mass is 35.5. The fourth-order valence-electron chi connectivity index (χ4n) is 5.56. The molecule has 1 saturated carbocycles. The van der Waals surface area contributed by atoms with Gasteiger partial charge in [0.15, 0.2) is 5.82 Å². The molecule has 16 heteroatoms. The van der Waals surface area contributed by atoms with Crippen LogP contribution in [-0.4, -0.2) is 65.5 Å². The summed E-state index contributed by atoms with van der Waals surface area (Å²) in [6.07, 6.45) is 2.78. The van der Waals surface area contributed by atoms with E-state index < -0.39 is 27.5 Å². The van der Waals surface area contributed by atoms with Gasteiger partial charge < -0.3 is 15.4 Å². The number of alkyl halides is 3. The zero-order chi connectivity index (χ0) is 33.2. The maximum absolute atomic E-state index is 13.1. The van der Waals surface area contributed by atoms with Gasteiger partial charge >= 0.3 is 6.18 Å². The molecule has 0 spiro atoms. The average Bonchev–Trinajstić information content (AvgIpc) is 3.51. The van der Waals surface area contributed by atoms with Gasteiger partial charge in [-0.05, 0) is 89.1 Å². The topological polar surface area (TPSA) is 140 Å². The van der Waals surface area contributed by atoms with E-state index in [1.54, 1.807) is 0 Å². The molecule has 1 atom stereocenters. The van der Waals surface area contributed by atoms with Gasteiger partial charge in [-0.1, -0.05) is 18.0 Å². The predicted octanol–water partition coefficient (Wildman–Crippen LogP) is 5.52. The standard InChI is InChI=1S/C30H37ClF3N7O4S/c1-28(2)17-20(18-37-28)5-3-4-14-35-23-8-6-21(19-36-23)46(43,44)40-27(42)22-7-9-24(38-26(22)31)41-15-10-25(39-41)45-16-13-29(11-12-29)30(32,33)34/h6-10,15,19-20,37H,3-5,11-14,16-18H2,1-2H3,(H,35,36)(H,40,42). The second-order valence-electron chi connectivity index (χ2n) is 12.6. The van der Waals surface area contributed by atoms with Gasteiger partial charge in [-0.15, -0.1) is 5.10 Å². The average molecular weight is 684 g/mol. The molecule has 0 radical (unpaired) electrons. The number of rotatable bonds is 14. The van der Waals surface area contributed by atoms with Crippen molar-refractivity contribution in [3.8, 4) is 11.7 Å². The molecule has 3 aromatic heterocycles. The van der Waals surface area contributed by atoms with Crippen LogP contribution in [-0.2, 0) is 10.0 Å². The first-order valence-electron chi connectivity index (χ1n) is 15.1. The van der Waals surface area contributed by atoms with Crippen molar-refractivity contribution in [3.63, 3.8) is 0 Å². The number of hydrogen-bond donors (Lipinski definition) is 3. The predicted molar refractivity (Wildman–Crippen MR) is 166 cm³/mol. The monoisotopic (exact) mass is 683 g/mol. The van der Waals surface area contributed by atoms with Crippen LogP contribution in [0, 0.1) is 11.3 Å². The van der Waals surface area contributed by atoms with Gasteiger partial charge in [0, 0.05) is 30.5 Å². The molecule has 1 saturated heterocycles. The number of nitrogens with zero attached hydrogens (tertiary/aromatic N) is 4. The molecule has 250 valence electrons. The molecule has 2 aliphatic rings. The van der Waals surface area contributed by atoms with Crippen molar-refractivity contribution in [2.75, 3.05) is 25.0 Å². The van der Waals surface area contributed by atoms with Gasteiger partial charge in [-0.3, -0.25) is 4.79 Å². The molecular formula is C30H37ClF3N7O4S. The van der Waals surface area contributed by atoms with Gasteiger partial charge in [0.25, 0.3) is 15.9 Å². The molecule has 0 bridgehead atoms. The van der Waals surface area contributed by atoms with E-state index in [0.717, 1.165) is 32.0 Å². The summed E-state index contributed by atoms with van der Waals surface area (Å²) in [4.78, 5) is 20.9. The van der Waals surface area contributed by atoms with Crippen molar-refractivity contribution >= 4 is 33.3 Å². The number of hydrogen-bond acceptors (Lipinski definition) is 9. The zero-order valence-corrected chi connectivity index (χ0v) is 27.1. The number of aromatic nitrogens is 4. The highest BCUT2D eigenvalue weighted by Gasteiger charge is 2.62. The van der Waals surface area contributed by atoms with Gasteiger partial charge in [-0.2, -0.15) is 13.2 Å². The lowest BCUT2D eigenvalue weighted by molar-refractivity contribution is -0.190. The normalized spacial score (nSPS) is 18.7. The smallest absolute Gasteiger partial charge is 0.394 e. The van der Waals surface area contributed by atoms with E-state index in [1.807, 2.05) is 4.72 Å². The Morgan fingerprint density at radius 1 is 1.17 bits per heavy atom. The third-order valence-corrected chi connectivity index (χ3v) is 10.1. The summed E-state index contributed by atoms with van der Waals surface area (Å²) in [6.45, 7) is 6.04. The summed E-state index contributed by atoms with van der Waals surface area (Å²) < 4.78 is 73.7. The van der Waals surface area contributed by atoms with Crippen LogP contribution in [0.3, 0.4) is 0 Å². The van der Waals surface area contributed by atoms with Crippen LogP contribution < -0.4 is 20.1 Å². The van der Waals surface area contributed by atoms with Crippen LogP contribution in [0.2, 0.25) is 5.15 Å². The number of carbonyl (C=O) groups is 1. The number of anilines is 1. The Morgan fingerprint density at radius 2 is 1.96 bits per heavy atom. The third kappa shape index (κ3) is 8.28. The molecule has 0 aromatic carbocycles. The SMILES string of the molecule is CC1(C)CC(CCCCNc2ccc(S(=O)(=O)NC(=O)c3ccc(-n4ccc(OCCC5(C(F)(F)F)CC5)n4)nc3Cl)cn2)CN1. The Labute approximate surface area is 270 Å². The molecule has 1 unspecified atom stereocenters. The molecule has 3 N–H and O–H groups in total. The molecule has 4 heterocycles. The van der Waals surface area contributed by atoms with Crippen molar-refractivity contribution in [2.45, 2.75) is 75.4 Å². The molecule has 1 aliphatic carbocycles. The zero-order valence-electron chi connectivity index (χ0n) is 25.5. The molecule has 1 aliphatic heterocycles. The van der Waals surface area contributed by atoms with Crippen LogP contribution in [0.1, 0.15) is 69.2 Å². The Hall–Kier alpha value is -3.43. The lowest BCUT2D eigenvalue weighted by Gasteiger charge is -2.18. The quantitative estimate of drug-likeness (QED) is 0.148. The highest BCUT2D eigenvalue weighted by molar-refractivity contribution is 7.90. The number of amides is 1. The molecular weight excluding hydrogens is 647 g/mol. The fourth-order valence-corrected chi connectivity index (χ4v) is 6.70. The van der Waals surface area contributed by atoms with Gasteiger partial charge in [0.2, 0.25) is 5.88 Å². The van der Waals surface area contributed by atoms with Crippen molar-refractivity contribution in [1.82, 2.24) is 29.8 Å². The van der Waals surface area contributed by atoms with Crippen LogP contribution in [0.5, 0.6) is 5.88 Å². The molecule has 46 heavy (non-hydrogen) atoms. The summed E-state index contributed by atoms with van der Waals surface area (Å²) in [5, 5.41) is 10.6. The Balaban J connectivity index is 1.09. The van der Waals surface area contributed by atoms with Gasteiger partial charge in [0.1, 0.15) is 15.9 Å². The van der Waals surface area contributed by atoms with E-state index in [4.69, 9.17) is 16.3 Å². The molecule has 3 aromatic rings. The minimum Gasteiger partial charge on any atom is -0.477 e. The summed E-state index contributed by atoms with van der Waals surface area (Å²) in [7, 11) is -4.26. The van der Waals surface area contributed by atoms with Crippen molar-refractivity contribution in [2.24, 2.45) is 11.3 Å². The molecule has 5 rings (SSSR count). The Morgan fingerprint density at radius 3 is 2.59 bits per heavy atom. The largest absolute Gasteiger partial charge is 0.477 e. The Kier molecular flexibility index (Phi) is 9.85. The van der Waals surface area contributed by atoms with E-state index in [2.05, 4.69) is 39.5 Å². The second-order valence-corrected chi connectivity index (χ2v) is 14.6. The van der Waals surface area contributed by atoms with Gasteiger partial charge in [0.05, 0.1) is 17.6 Å². The van der Waals surface area contributed by atoms with E-state index in [-0.39, 0.29) is 58.7 Å². The fraction of sp³-hybridized carbons (Fsp3) is 0.533.